The molecule has 0 radical (unpaired) electrons. The van der Waals surface area contributed by atoms with Crippen LogP contribution in [0.4, 0.5) is 25.2 Å². The van der Waals surface area contributed by atoms with Gasteiger partial charge in [-0.1, -0.05) is 18.2 Å². The van der Waals surface area contributed by atoms with Crippen LogP contribution < -0.4 is 15.5 Å². The number of rotatable bonds is 10. The maximum atomic E-state index is 14.9. The van der Waals surface area contributed by atoms with Crippen molar-refractivity contribution in [2.75, 3.05) is 69.8 Å². The Morgan fingerprint density at radius 2 is 1.93 bits per heavy atom. The monoisotopic (exact) mass is 596 g/mol. The number of nitrogens with one attached hydrogen (secondary N) is 2. The molecule has 3 heterocycles. The molecular formula is C31H38F2N6O4. The number of benzene rings is 2. The third-order valence-electron chi connectivity index (χ3n) is 8.08. The van der Waals surface area contributed by atoms with Crippen molar-refractivity contribution < 1.29 is 27.8 Å². The van der Waals surface area contributed by atoms with Crippen molar-refractivity contribution in [2.45, 2.75) is 25.8 Å². The second kappa shape index (κ2) is 14.0. The fourth-order valence-electron chi connectivity index (χ4n) is 5.87. The van der Waals surface area contributed by atoms with Crippen LogP contribution in [0.3, 0.4) is 0 Å². The number of carbonyl (C=O) groups excluding carboxylic acids is 2. The predicted octanol–water partition coefficient (Wildman–Crippen LogP) is 3.75. The molecule has 0 unspecified atom stereocenters. The lowest BCUT2D eigenvalue weighted by Gasteiger charge is -2.31. The molecule has 0 aliphatic carbocycles. The molecule has 43 heavy (non-hydrogen) atoms. The van der Waals surface area contributed by atoms with E-state index in [1.807, 2.05) is 10.8 Å². The van der Waals surface area contributed by atoms with Gasteiger partial charge < -0.3 is 29.2 Å². The minimum atomic E-state index is -0.673. The number of morpholine rings is 1. The lowest BCUT2D eigenvalue weighted by Crippen LogP contribution is -2.37. The first kappa shape index (κ1) is 30.4. The van der Waals surface area contributed by atoms with Gasteiger partial charge in [0, 0.05) is 62.8 Å². The number of aryl methyl sites for hydroxylation is 1. The van der Waals surface area contributed by atoms with Crippen LogP contribution in [0.15, 0.2) is 48.8 Å². The van der Waals surface area contributed by atoms with E-state index in [0.717, 1.165) is 36.0 Å². The summed E-state index contributed by atoms with van der Waals surface area (Å²) in [5, 5.41) is 5.63. The van der Waals surface area contributed by atoms with Crippen LogP contribution in [-0.4, -0.2) is 86.0 Å². The van der Waals surface area contributed by atoms with Gasteiger partial charge in [-0.15, -0.1) is 0 Å². The molecule has 0 spiro atoms. The number of imidazole rings is 1. The minimum absolute atomic E-state index is 0.284. The first-order chi connectivity index (χ1) is 20.8. The fourth-order valence-corrected chi connectivity index (χ4v) is 5.87. The number of hydrogen-bond donors (Lipinski definition) is 2. The van der Waals surface area contributed by atoms with Gasteiger partial charge in [-0.05, 0) is 48.7 Å². The molecule has 2 N–H and O–H groups in total. The molecule has 2 amide bonds. The van der Waals surface area contributed by atoms with Crippen molar-refractivity contribution >= 4 is 23.6 Å². The van der Waals surface area contributed by atoms with Gasteiger partial charge in [-0.25, -0.2) is 18.6 Å². The van der Waals surface area contributed by atoms with Crippen LogP contribution in [0, 0.1) is 24.5 Å². The molecule has 2 aliphatic heterocycles. The summed E-state index contributed by atoms with van der Waals surface area (Å²) in [6.45, 7) is 7.32. The van der Waals surface area contributed by atoms with Gasteiger partial charge in [0.25, 0.3) is 0 Å². The SMILES string of the molecule is COC(=O)NCCCN1C[C@@H](C(=O)Nc2nccn2Cc2ccc(C)cc2N2CCOCC2)[C@H](c2ccc(F)cc2F)C1. The molecule has 2 aliphatic rings. The average Bonchev–Trinajstić information content (AvgIpc) is 3.63. The Morgan fingerprint density at radius 3 is 2.70 bits per heavy atom. The summed E-state index contributed by atoms with van der Waals surface area (Å²) in [6.07, 6.45) is 3.58. The van der Waals surface area contributed by atoms with Crippen LogP contribution in [0.25, 0.3) is 0 Å². The number of methoxy groups -OCH3 is 1. The summed E-state index contributed by atoms with van der Waals surface area (Å²) in [7, 11) is 1.30. The third kappa shape index (κ3) is 7.49. The van der Waals surface area contributed by atoms with Gasteiger partial charge in [0.05, 0.1) is 32.8 Å². The summed E-state index contributed by atoms with van der Waals surface area (Å²) in [4.78, 5) is 33.9. The Kier molecular flexibility index (Phi) is 9.88. The Labute approximate surface area is 250 Å². The smallest absolute Gasteiger partial charge is 0.406 e. The highest BCUT2D eigenvalue weighted by atomic mass is 19.1. The molecule has 1 aromatic heterocycles. The fraction of sp³-hybridized carbons (Fsp3) is 0.452. The molecule has 2 saturated heterocycles. The second-order valence-electron chi connectivity index (χ2n) is 11.0. The summed E-state index contributed by atoms with van der Waals surface area (Å²) >= 11 is 0. The number of nitrogens with zero attached hydrogens (tertiary/aromatic N) is 4. The normalized spacial score (nSPS) is 18.9. The Balaban J connectivity index is 1.31. The van der Waals surface area contributed by atoms with Crippen molar-refractivity contribution in [2.24, 2.45) is 5.92 Å². The molecular weight excluding hydrogens is 558 g/mol. The summed E-state index contributed by atoms with van der Waals surface area (Å²) < 4.78 is 40.7. The number of aromatic nitrogens is 2. The van der Waals surface area contributed by atoms with Gasteiger partial charge in [-0.2, -0.15) is 0 Å². The van der Waals surface area contributed by atoms with Gasteiger partial charge >= 0.3 is 6.09 Å². The van der Waals surface area contributed by atoms with E-state index in [1.165, 1.54) is 19.2 Å². The Morgan fingerprint density at radius 1 is 1.12 bits per heavy atom. The zero-order chi connectivity index (χ0) is 30.3. The quantitative estimate of drug-likeness (QED) is 0.344. The number of amides is 2. The summed E-state index contributed by atoms with van der Waals surface area (Å²) in [5.74, 6) is -2.30. The number of hydrogen-bond acceptors (Lipinski definition) is 7. The van der Waals surface area contributed by atoms with Gasteiger partial charge in [-0.3, -0.25) is 10.1 Å². The zero-order valence-electron chi connectivity index (χ0n) is 24.5. The average molecular weight is 597 g/mol. The van der Waals surface area contributed by atoms with E-state index < -0.39 is 29.6 Å². The second-order valence-corrected chi connectivity index (χ2v) is 11.0. The topological polar surface area (TPSA) is 101 Å². The van der Waals surface area contributed by atoms with E-state index in [0.29, 0.717) is 63.9 Å². The lowest BCUT2D eigenvalue weighted by molar-refractivity contribution is -0.120. The number of alkyl carbamates (subject to hydrolysis) is 1. The highest BCUT2D eigenvalue weighted by Gasteiger charge is 2.40. The number of likely N-dealkylation sites (tertiary alicyclic amines) is 1. The first-order valence-electron chi connectivity index (χ1n) is 14.6. The van der Waals surface area contributed by atoms with E-state index in [2.05, 4.69) is 55.3 Å². The van der Waals surface area contributed by atoms with E-state index in [1.54, 1.807) is 6.20 Å². The molecule has 230 valence electrons. The molecule has 10 nitrogen and oxygen atoms in total. The Hall–Kier alpha value is -4.03. The lowest BCUT2D eigenvalue weighted by atomic mass is 9.88. The molecule has 2 fully saturated rings. The van der Waals surface area contributed by atoms with Gasteiger partial charge in [0.2, 0.25) is 11.9 Å². The van der Waals surface area contributed by atoms with Crippen LogP contribution in [0.2, 0.25) is 0 Å². The van der Waals surface area contributed by atoms with E-state index in [-0.39, 0.29) is 5.91 Å². The van der Waals surface area contributed by atoms with Crippen LogP contribution in [0.5, 0.6) is 0 Å². The molecule has 0 saturated carbocycles. The number of anilines is 2. The Bertz CT molecular complexity index is 1430. The summed E-state index contributed by atoms with van der Waals surface area (Å²) in [6, 6.07) is 9.84. The van der Waals surface area contributed by atoms with Gasteiger partial charge in [0.15, 0.2) is 0 Å². The molecule has 5 rings (SSSR count). The largest absolute Gasteiger partial charge is 0.453 e. The maximum Gasteiger partial charge on any atom is 0.406 e. The van der Waals surface area contributed by atoms with Crippen molar-refractivity contribution in [3.63, 3.8) is 0 Å². The molecule has 12 heteroatoms. The zero-order valence-corrected chi connectivity index (χ0v) is 24.5. The van der Waals surface area contributed by atoms with E-state index in [9.17, 15) is 18.4 Å². The van der Waals surface area contributed by atoms with Crippen molar-refractivity contribution in [3.05, 3.63) is 77.1 Å². The molecule has 0 bridgehead atoms. The number of carbonyl (C=O) groups is 2. The van der Waals surface area contributed by atoms with E-state index in [4.69, 9.17) is 4.74 Å². The van der Waals surface area contributed by atoms with Crippen molar-refractivity contribution in [1.29, 1.82) is 0 Å². The maximum absolute atomic E-state index is 14.9. The highest BCUT2D eigenvalue weighted by Crippen LogP contribution is 2.35. The highest BCUT2D eigenvalue weighted by molar-refractivity contribution is 5.92. The standard InChI is InChI=1S/C31H38F2N6O4/c1-21-4-5-22(28(16-21)38-12-14-43-15-13-38)18-39-11-9-34-30(39)36-29(40)26-20-37(10-3-8-35-31(41)42-2)19-25(26)24-7-6-23(32)17-27(24)33/h4-7,9,11,16-17,25-26H,3,8,10,12-15,18-20H2,1-2H3,(H,35,41)(H,34,36,40)/t25-,26+/m0/s1. The van der Waals surface area contributed by atoms with Crippen LogP contribution >= 0.6 is 0 Å². The van der Waals surface area contributed by atoms with Crippen molar-refractivity contribution in [1.82, 2.24) is 19.8 Å². The number of halogens is 2. The predicted molar refractivity (Wildman–Crippen MR) is 158 cm³/mol. The van der Waals surface area contributed by atoms with Crippen LogP contribution in [-0.2, 0) is 20.8 Å². The van der Waals surface area contributed by atoms with Crippen molar-refractivity contribution in [3.8, 4) is 0 Å². The van der Waals surface area contributed by atoms with E-state index >= 15 is 0 Å². The van der Waals surface area contributed by atoms with Crippen LogP contribution in [0.1, 0.15) is 29.0 Å². The molecule has 2 atom stereocenters. The third-order valence-corrected chi connectivity index (χ3v) is 8.08. The summed E-state index contributed by atoms with van der Waals surface area (Å²) in [5.41, 5.74) is 3.69. The van der Waals surface area contributed by atoms with Gasteiger partial charge in [0.1, 0.15) is 11.6 Å². The first-order valence-corrected chi connectivity index (χ1v) is 14.6. The number of ether oxygens (including phenoxy) is 2. The minimum Gasteiger partial charge on any atom is -0.453 e. The molecule has 3 aromatic rings. The molecule has 2 aromatic carbocycles.